The van der Waals surface area contributed by atoms with Crippen LogP contribution in [0, 0.1) is 24.7 Å². The molecule has 0 aromatic heterocycles. The van der Waals surface area contributed by atoms with Crippen molar-refractivity contribution in [3.05, 3.63) is 53.1 Å². The molecule has 2 aromatic carbocycles. The van der Waals surface area contributed by atoms with Crippen molar-refractivity contribution >= 4 is 23.5 Å². The second-order valence-corrected chi connectivity index (χ2v) is 6.98. The van der Waals surface area contributed by atoms with Crippen molar-refractivity contribution in [2.45, 2.75) is 19.4 Å². The molecule has 2 amide bonds. The van der Waals surface area contributed by atoms with E-state index in [9.17, 15) is 19.5 Å². The number of esters is 1. The van der Waals surface area contributed by atoms with Crippen LogP contribution >= 0.6 is 0 Å². The number of ether oxygens (including phenoxy) is 3. The standard InChI is InChI=1S/C25H21NO7/c1-4-11-31-18-8-10-21(22(14-18)32-12-5-2)26-23(28)19-9-7-16(13-20(19)24(26)29)25(30)33-15-17(27)6-3/h1-2,7-10,13-14,17,27H,6,11-12,15H2,3H3. The number of carbonyl (C=O) groups is 3. The third-order valence-corrected chi connectivity index (χ3v) is 4.81. The topological polar surface area (TPSA) is 102 Å². The van der Waals surface area contributed by atoms with Gasteiger partial charge in [-0.3, -0.25) is 9.59 Å². The van der Waals surface area contributed by atoms with Crippen molar-refractivity contribution in [3.8, 4) is 36.2 Å². The predicted octanol–water partition coefficient (Wildman–Crippen LogP) is 2.44. The van der Waals surface area contributed by atoms with Crippen LogP contribution in [0.15, 0.2) is 36.4 Å². The minimum Gasteiger partial charge on any atom is -0.481 e. The van der Waals surface area contributed by atoms with Crippen molar-refractivity contribution in [2.75, 3.05) is 24.7 Å². The first-order valence-corrected chi connectivity index (χ1v) is 10.1. The average Bonchev–Trinajstić information content (AvgIpc) is 3.08. The number of benzene rings is 2. The first kappa shape index (κ1) is 23.4. The molecule has 8 nitrogen and oxygen atoms in total. The van der Waals surface area contributed by atoms with Gasteiger partial charge in [0.05, 0.1) is 28.5 Å². The third-order valence-electron chi connectivity index (χ3n) is 4.81. The van der Waals surface area contributed by atoms with E-state index in [0.29, 0.717) is 12.2 Å². The Balaban J connectivity index is 1.91. The van der Waals surface area contributed by atoms with Crippen LogP contribution in [-0.4, -0.2) is 48.8 Å². The van der Waals surface area contributed by atoms with Crippen LogP contribution in [0.2, 0.25) is 0 Å². The van der Waals surface area contributed by atoms with Gasteiger partial charge < -0.3 is 19.3 Å². The molecule has 8 heteroatoms. The third kappa shape index (κ3) is 4.98. The molecule has 0 saturated heterocycles. The average molecular weight is 447 g/mol. The zero-order chi connectivity index (χ0) is 24.0. The smallest absolute Gasteiger partial charge is 0.338 e. The van der Waals surface area contributed by atoms with Crippen LogP contribution in [0.5, 0.6) is 11.5 Å². The van der Waals surface area contributed by atoms with Gasteiger partial charge in [0.2, 0.25) is 0 Å². The summed E-state index contributed by atoms with van der Waals surface area (Å²) in [6, 6.07) is 8.58. The molecule has 3 rings (SSSR count). The second-order valence-electron chi connectivity index (χ2n) is 6.98. The number of aliphatic hydroxyl groups is 1. The number of terminal acetylenes is 2. The van der Waals surface area contributed by atoms with E-state index in [0.717, 1.165) is 4.90 Å². The number of amides is 2. The molecular weight excluding hydrogens is 426 g/mol. The lowest BCUT2D eigenvalue weighted by Crippen LogP contribution is -2.29. The number of carbonyl (C=O) groups excluding carboxylic acids is 3. The number of anilines is 1. The number of fused-ring (bicyclic) bond motifs is 1. The summed E-state index contributed by atoms with van der Waals surface area (Å²) in [4.78, 5) is 39.4. The van der Waals surface area contributed by atoms with Gasteiger partial charge in [0.1, 0.15) is 31.3 Å². The fourth-order valence-corrected chi connectivity index (χ4v) is 3.09. The highest BCUT2D eigenvalue weighted by Crippen LogP contribution is 2.37. The minimum absolute atomic E-state index is 0.0229. The van der Waals surface area contributed by atoms with E-state index in [4.69, 9.17) is 27.1 Å². The van der Waals surface area contributed by atoms with E-state index in [1.807, 2.05) is 0 Å². The van der Waals surface area contributed by atoms with Gasteiger partial charge in [-0.05, 0) is 36.8 Å². The van der Waals surface area contributed by atoms with Crippen LogP contribution in [0.3, 0.4) is 0 Å². The number of hydrogen-bond acceptors (Lipinski definition) is 7. The summed E-state index contributed by atoms with van der Waals surface area (Å²) in [6.07, 6.45) is 10.1. The Kier molecular flexibility index (Phi) is 7.34. The van der Waals surface area contributed by atoms with Gasteiger partial charge in [0, 0.05) is 6.07 Å². The largest absolute Gasteiger partial charge is 0.481 e. The molecule has 0 fully saturated rings. The molecule has 1 heterocycles. The van der Waals surface area contributed by atoms with E-state index in [-0.39, 0.29) is 47.9 Å². The monoisotopic (exact) mass is 447 g/mol. The number of rotatable bonds is 9. The van der Waals surface area contributed by atoms with Crippen LogP contribution < -0.4 is 14.4 Å². The Hall–Kier alpha value is -4.27. The predicted molar refractivity (Wildman–Crippen MR) is 119 cm³/mol. The molecule has 168 valence electrons. The van der Waals surface area contributed by atoms with Gasteiger partial charge in [-0.15, -0.1) is 12.8 Å². The molecule has 0 bridgehead atoms. The zero-order valence-corrected chi connectivity index (χ0v) is 17.9. The lowest BCUT2D eigenvalue weighted by molar-refractivity contribution is 0.0250. The minimum atomic E-state index is -0.781. The highest BCUT2D eigenvalue weighted by molar-refractivity contribution is 6.35. The Labute approximate surface area is 191 Å². The summed E-state index contributed by atoms with van der Waals surface area (Å²) in [7, 11) is 0. The van der Waals surface area contributed by atoms with Gasteiger partial charge in [0.25, 0.3) is 11.8 Å². The van der Waals surface area contributed by atoms with E-state index in [1.54, 1.807) is 13.0 Å². The van der Waals surface area contributed by atoms with Crippen molar-refractivity contribution in [2.24, 2.45) is 0 Å². The lowest BCUT2D eigenvalue weighted by Gasteiger charge is -2.18. The summed E-state index contributed by atoms with van der Waals surface area (Å²) < 4.78 is 16.0. The SMILES string of the molecule is C#CCOc1ccc(N2C(=O)c3ccc(C(=O)OCC(O)CC)cc3C2=O)c(OCC#C)c1. The van der Waals surface area contributed by atoms with Gasteiger partial charge >= 0.3 is 5.97 Å². The second kappa shape index (κ2) is 10.4. The molecule has 33 heavy (non-hydrogen) atoms. The molecule has 0 radical (unpaired) electrons. The van der Waals surface area contributed by atoms with Crippen molar-refractivity contribution in [1.29, 1.82) is 0 Å². The molecular formula is C25H21NO7. The summed E-state index contributed by atoms with van der Waals surface area (Å²) >= 11 is 0. The number of aliphatic hydroxyl groups excluding tert-OH is 1. The van der Waals surface area contributed by atoms with Crippen LogP contribution in [-0.2, 0) is 4.74 Å². The number of imide groups is 1. The van der Waals surface area contributed by atoms with Crippen LogP contribution in [0.4, 0.5) is 5.69 Å². The first-order chi connectivity index (χ1) is 15.9. The highest BCUT2D eigenvalue weighted by atomic mass is 16.5. The maximum absolute atomic E-state index is 13.1. The fraction of sp³-hybridized carbons (Fsp3) is 0.240. The quantitative estimate of drug-likeness (QED) is 0.358. The van der Waals surface area contributed by atoms with Crippen LogP contribution in [0.1, 0.15) is 44.4 Å². The van der Waals surface area contributed by atoms with E-state index in [1.165, 1.54) is 30.3 Å². The number of hydrogen-bond donors (Lipinski definition) is 1. The molecule has 1 atom stereocenters. The Morgan fingerprint density at radius 3 is 2.42 bits per heavy atom. The Morgan fingerprint density at radius 2 is 1.73 bits per heavy atom. The normalized spacial score (nSPS) is 13.0. The Bertz CT molecular complexity index is 1170. The summed E-state index contributed by atoms with van der Waals surface area (Å²) in [6.45, 7) is 1.50. The molecule has 0 aliphatic carbocycles. The van der Waals surface area contributed by atoms with E-state index < -0.39 is 23.9 Å². The lowest BCUT2D eigenvalue weighted by atomic mass is 10.1. The molecule has 1 aliphatic rings. The van der Waals surface area contributed by atoms with Gasteiger partial charge in [-0.25, -0.2) is 9.69 Å². The molecule has 0 spiro atoms. The molecule has 1 aliphatic heterocycles. The molecule has 2 aromatic rings. The summed E-state index contributed by atoms with van der Waals surface area (Å²) in [5, 5.41) is 9.58. The van der Waals surface area contributed by atoms with Crippen molar-refractivity contribution in [3.63, 3.8) is 0 Å². The maximum atomic E-state index is 13.1. The number of nitrogens with zero attached hydrogens (tertiary/aromatic N) is 1. The van der Waals surface area contributed by atoms with Crippen molar-refractivity contribution in [1.82, 2.24) is 0 Å². The van der Waals surface area contributed by atoms with Gasteiger partial charge in [-0.2, -0.15) is 0 Å². The summed E-state index contributed by atoms with van der Waals surface area (Å²) in [5.74, 6) is 3.27. The molecule has 1 N–H and O–H groups in total. The van der Waals surface area contributed by atoms with E-state index in [2.05, 4.69) is 11.8 Å². The van der Waals surface area contributed by atoms with Gasteiger partial charge in [-0.1, -0.05) is 18.8 Å². The highest BCUT2D eigenvalue weighted by Gasteiger charge is 2.38. The van der Waals surface area contributed by atoms with Gasteiger partial charge in [0.15, 0.2) is 0 Å². The Morgan fingerprint density at radius 1 is 1.03 bits per heavy atom. The fourth-order valence-electron chi connectivity index (χ4n) is 3.09. The summed E-state index contributed by atoms with van der Waals surface area (Å²) in [5.41, 5.74) is 0.420. The first-order valence-electron chi connectivity index (χ1n) is 10.1. The van der Waals surface area contributed by atoms with Crippen LogP contribution in [0.25, 0.3) is 0 Å². The maximum Gasteiger partial charge on any atom is 0.338 e. The molecule has 1 unspecified atom stereocenters. The molecule has 0 saturated carbocycles. The van der Waals surface area contributed by atoms with E-state index >= 15 is 0 Å². The zero-order valence-electron chi connectivity index (χ0n) is 17.9. The van der Waals surface area contributed by atoms with Crippen molar-refractivity contribution < 1.29 is 33.7 Å².